The summed E-state index contributed by atoms with van der Waals surface area (Å²) in [7, 11) is -3.10. The van der Waals surface area contributed by atoms with Crippen molar-refractivity contribution in [3.8, 4) is 0 Å². The van der Waals surface area contributed by atoms with Crippen LogP contribution in [0.5, 0.6) is 0 Å². The molecule has 0 saturated heterocycles. The summed E-state index contributed by atoms with van der Waals surface area (Å²) >= 11 is 0. The molecule has 0 radical (unpaired) electrons. The molecule has 19 heavy (non-hydrogen) atoms. The van der Waals surface area contributed by atoms with Gasteiger partial charge in [-0.25, -0.2) is 13.1 Å². The van der Waals surface area contributed by atoms with Crippen molar-refractivity contribution in [2.24, 2.45) is 11.8 Å². The molecule has 4 nitrogen and oxygen atoms in total. The predicted octanol–water partition coefficient (Wildman–Crippen LogP) is 2.12. The molecule has 1 rings (SSSR count). The zero-order valence-electron chi connectivity index (χ0n) is 12.6. The maximum absolute atomic E-state index is 12.0. The van der Waals surface area contributed by atoms with E-state index < -0.39 is 10.0 Å². The van der Waals surface area contributed by atoms with Gasteiger partial charge in [0.1, 0.15) is 0 Å². The van der Waals surface area contributed by atoms with E-state index in [1.807, 2.05) is 0 Å². The Morgan fingerprint density at radius 1 is 1.11 bits per heavy atom. The number of hydrogen-bond acceptors (Lipinski definition) is 3. The summed E-state index contributed by atoms with van der Waals surface area (Å²) in [6.45, 7) is 8.34. The largest absolute Gasteiger partial charge is 0.317 e. The van der Waals surface area contributed by atoms with E-state index in [4.69, 9.17) is 0 Å². The zero-order chi connectivity index (χ0) is 14.3. The van der Waals surface area contributed by atoms with E-state index in [0.29, 0.717) is 12.3 Å². The molecular formula is C14H30N2O2S. The van der Waals surface area contributed by atoms with E-state index in [9.17, 15) is 8.42 Å². The highest BCUT2D eigenvalue weighted by Crippen LogP contribution is 2.29. The predicted molar refractivity (Wildman–Crippen MR) is 80.7 cm³/mol. The van der Waals surface area contributed by atoms with Crippen molar-refractivity contribution < 1.29 is 8.42 Å². The van der Waals surface area contributed by atoms with Crippen LogP contribution in [-0.4, -0.2) is 33.3 Å². The summed E-state index contributed by atoms with van der Waals surface area (Å²) in [6, 6.07) is 0.153. The minimum Gasteiger partial charge on any atom is -0.317 e. The van der Waals surface area contributed by atoms with Gasteiger partial charge in [-0.2, -0.15) is 0 Å². The van der Waals surface area contributed by atoms with Crippen LogP contribution in [0.2, 0.25) is 0 Å². The van der Waals surface area contributed by atoms with Gasteiger partial charge in [-0.15, -0.1) is 0 Å². The highest BCUT2D eigenvalue weighted by Gasteiger charge is 2.27. The van der Waals surface area contributed by atoms with E-state index in [0.717, 1.165) is 44.7 Å². The average Bonchev–Trinajstić information content (AvgIpc) is 2.33. The van der Waals surface area contributed by atoms with Gasteiger partial charge in [0.2, 0.25) is 10.0 Å². The molecule has 5 heteroatoms. The monoisotopic (exact) mass is 290 g/mol. The Hall–Kier alpha value is -0.130. The van der Waals surface area contributed by atoms with Gasteiger partial charge < -0.3 is 5.32 Å². The fourth-order valence-electron chi connectivity index (χ4n) is 2.66. The van der Waals surface area contributed by atoms with Gasteiger partial charge in [-0.05, 0) is 57.0 Å². The Kier molecular flexibility index (Phi) is 7.32. The van der Waals surface area contributed by atoms with Crippen molar-refractivity contribution in [3.63, 3.8) is 0 Å². The summed E-state index contributed by atoms with van der Waals surface area (Å²) in [6.07, 6.45) is 4.87. The molecule has 0 aromatic heterocycles. The maximum Gasteiger partial charge on any atom is 0.211 e. The van der Waals surface area contributed by atoms with Crippen LogP contribution < -0.4 is 10.0 Å². The molecule has 1 aliphatic carbocycles. The van der Waals surface area contributed by atoms with Crippen LogP contribution in [0.4, 0.5) is 0 Å². The lowest BCUT2D eigenvalue weighted by Crippen LogP contribution is -2.41. The first-order valence-electron chi connectivity index (χ1n) is 7.65. The molecular weight excluding hydrogens is 260 g/mol. The Bertz CT molecular complexity index is 343. The van der Waals surface area contributed by atoms with Gasteiger partial charge in [-0.1, -0.05) is 20.8 Å². The molecule has 0 amide bonds. The maximum atomic E-state index is 12.0. The van der Waals surface area contributed by atoms with Crippen LogP contribution in [0.25, 0.3) is 0 Å². The molecule has 3 unspecified atom stereocenters. The molecule has 2 N–H and O–H groups in total. The van der Waals surface area contributed by atoms with Gasteiger partial charge >= 0.3 is 0 Å². The van der Waals surface area contributed by atoms with Crippen molar-refractivity contribution in [1.29, 1.82) is 0 Å². The van der Waals surface area contributed by atoms with E-state index in [1.165, 1.54) is 0 Å². The van der Waals surface area contributed by atoms with E-state index in [-0.39, 0.29) is 11.8 Å². The van der Waals surface area contributed by atoms with Crippen LogP contribution >= 0.6 is 0 Å². The first-order valence-corrected chi connectivity index (χ1v) is 9.30. The topological polar surface area (TPSA) is 58.2 Å². The quantitative estimate of drug-likeness (QED) is 0.673. The fourth-order valence-corrected chi connectivity index (χ4v) is 4.02. The van der Waals surface area contributed by atoms with Crippen molar-refractivity contribution in [2.45, 2.75) is 58.9 Å². The van der Waals surface area contributed by atoms with Crippen LogP contribution in [0.1, 0.15) is 52.9 Å². The number of nitrogens with one attached hydrogen (secondary N) is 2. The van der Waals surface area contributed by atoms with Gasteiger partial charge in [0.05, 0.1) is 5.75 Å². The molecule has 0 heterocycles. The Morgan fingerprint density at radius 2 is 1.84 bits per heavy atom. The normalized spacial score (nSPS) is 28.5. The smallest absolute Gasteiger partial charge is 0.211 e. The minimum atomic E-state index is -3.10. The highest BCUT2D eigenvalue weighted by atomic mass is 32.2. The third-order valence-electron chi connectivity index (χ3n) is 4.14. The van der Waals surface area contributed by atoms with Crippen molar-refractivity contribution in [2.75, 3.05) is 18.8 Å². The first-order chi connectivity index (χ1) is 8.94. The first kappa shape index (κ1) is 16.9. The lowest BCUT2D eigenvalue weighted by molar-refractivity contribution is 0.242. The second kappa shape index (κ2) is 8.22. The fraction of sp³-hybridized carbons (Fsp3) is 1.00. The van der Waals surface area contributed by atoms with Crippen molar-refractivity contribution >= 4 is 10.0 Å². The summed E-state index contributed by atoms with van der Waals surface area (Å²) in [4.78, 5) is 0. The Labute approximate surface area is 118 Å². The van der Waals surface area contributed by atoms with Crippen LogP contribution in [0.3, 0.4) is 0 Å². The average molecular weight is 290 g/mol. The molecule has 1 saturated carbocycles. The molecule has 114 valence electrons. The zero-order valence-corrected chi connectivity index (χ0v) is 13.4. The molecule has 0 aliphatic heterocycles. The third kappa shape index (κ3) is 6.72. The summed E-state index contributed by atoms with van der Waals surface area (Å²) < 4.78 is 26.8. The third-order valence-corrected chi connectivity index (χ3v) is 5.66. The minimum absolute atomic E-state index is 0.153. The molecule has 0 bridgehead atoms. The Morgan fingerprint density at radius 3 is 2.47 bits per heavy atom. The second-order valence-electron chi connectivity index (χ2n) is 6.00. The number of rotatable bonds is 8. The summed E-state index contributed by atoms with van der Waals surface area (Å²) in [5.41, 5.74) is 0. The molecule has 1 aliphatic rings. The van der Waals surface area contributed by atoms with E-state index in [1.54, 1.807) is 0 Å². The molecule has 0 aromatic rings. The van der Waals surface area contributed by atoms with Gasteiger partial charge in [0, 0.05) is 6.04 Å². The Balaban J connectivity index is 2.26. The van der Waals surface area contributed by atoms with Crippen LogP contribution in [0.15, 0.2) is 0 Å². The van der Waals surface area contributed by atoms with Gasteiger partial charge in [0.25, 0.3) is 0 Å². The molecule has 1 fully saturated rings. The lowest BCUT2D eigenvalue weighted by Gasteiger charge is -2.32. The second-order valence-corrected chi connectivity index (χ2v) is 7.88. The van der Waals surface area contributed by atoms with Gasteiger partial charge in [-0.3, -0.25) is 0 Å². The number of hydrogen-bond donors (Lipinski definition) is 2. The van der Waals surface area contributed by atoms with Crippen molar-refractivity contribution in [3.05, 3.63) is 0 Å². The highest BCUT2D eigenvalue weighted by molar-refractivity contribution is 7.89. The summed E-state index contributed by atoms with van der Waals surface area (Å²) in [5, 5.41) is 3.23. The number of sulfonamides is 1. The van der Waals surface area contributed by atoms with Gasteiger partial charge in [0.15, 0.2) is 0 Å². The standard InChI is InChI=1S/C14H30N2O2S/c1-4-8-15-9-5-10-19(17,18)16-14-7-6-12(2)13(3)11-14/h12-16H,4-11H2,1-3H3. The van der Waals surface area contributed by atoms with Crippen LogP contribution in [-0.2, 0) is 10.0 Å². The summed E-state index contributed by atoms with van der Waals surface area (Å²) in [5.74, 6) is 1.58. The molecule has 3 atom stereocenters. The lowest BCUT2D eigenvalue weighted by atomic mass is 9.79. The van der Waals surface area contributed by atoms with E-state index >= 15 is 0 Å². The molecule has 0 spiro atoms. The van der Waals surface area contributed by atoms with Crippen LogP contribution in [0, 0.1) is 11.8 Å². The van der Waals surface area contributed by atoms with E-state index in [2.05, 4.69) is 30.8 Å². The molecule has 0 aromatic carbocycles. The van der Waals surface area contributed by atoms with Crippen molar-refractivity contribution in [1.82, 2.24) is 10.0 Å². The SMILES string of the molecule is CCCNCCCS(=O)(=O)NC1CCC(C)C(C)C1.